The van der Waals surface area contributed by atoms with E-state index in [1.54, 1.807) is 0 Å². The van der Waals surface area contributed by atoms with Gasteiger partial charge in [-0.3, -0.25) is 4.79 Å². The van der Waals surface area contributed by atoms with Crippen molar-refractivity contribution in [2.45, 2.75) is 12.5 Å². The molecule has 2 aromatic rings. The summed E-state index contributed by atoms with van der Waals surface area (Å²) in [5, 5.41) is 3.98. The summed E-state index contributed by atoms with van der Waals surface area (Å²) in [7, 11) is 0.329. The van der Waals surface area contributed by atoms with Crippen LogP contribution >= 0.6 is 0 Å². The SMILES string of the molecule is CN(C)C(CNC(=O)CCNS(=O)(=O)C=Cc1ccccc1)c1ccccc1. The molecule has 0 aliphatic rings. The fourth-order valence-corrected chi connectivity index (χ4v) is 3.48. The van der Waals surface area contributed by atoms with Gasteiger partial charge < -0.3 is 10.2 Å². The summed E-state index contributed by atoms with van der Waals surface area (Å²) in [6, 6.07) is 19.1. The van der Waals surface area contributed by atoms with Crippen molar-refractivity contribution in [3.63, 3.8) is 0 Å². The first kappa shape index (κ1) is 21.8. The van der Waals surface area contributed by atoms with Gasteiger partial charge in [0, 0.05) is 24.9 Å². The Morgan fingerprint density at radius 3 is 2.25 bits per heavy atom. The van der Waals surface area contributed by atoms with Crippen LogP contribution < -0.4 is 10.0 Å². The lowest BCUT2D eigenvalue weighted by Crippen LogP contribution is -2.36. The van der Waals surface area contributed by atoms with Crippen molar-refractivity contribution in [3.8, 4) is 0 Å². The van der Waals surface area contributed by atoms with Gasteiger partial charge in [-0.15, -0.1) is 0 Å². The first-order valence-electron chi connectivity index (χ1n) is 9.08. The second-order valence-corrected chi connectivity index (χ2v) is 8.25. The average molecular weight is 402 g/mol. The molecule has 6 nitrogen and oxygen atoms in total. The molecule has 0 saturated heterocycles. The van der Waals surface area contributed by atoms with E-state index in [9.17, 15) is 13.2 Å². The van der Waals surface area contributed by atoms with Crippen molar-refractivity contribution in [2.24, 2.45) is 0 Å². The molecule has 0 fully saturated rings. The summed E-state index contributed by atoms with van der Waals surface area (Å²) in [4.78, 5) is 14.1. The van der Waals surface area contributed by atoms with Gasteiger partial charge in [-0.25, -0.2) is 13.1 Å². The predicted molar refractivity (Wildman–Crippen MR) is 113 cm³/mol. The Labute approximate surface area is 167 Å². The van der Waals surface area contributed by atoms with Crippen molar-refractivity contribution in [1.29, 1.82) is 0 Å². The Morgan fingerprint density at radius 1 is 1.04 bits per heavy atom. The van der Waals surface area contributed by atoms with Crippen molar-refractivity contribution >= 4 is 22.0 Å². The van der Waals surface area contributed by atoms with Crippen LogP contribution in [0.3, 0.4) is 0 Å². The van der Waals surface area contributed by atoms with Gasteiger partial charge in [0.2, 0.25) is 15.9 Å². The molecular formula is C21H27N3O3S. The number of hydrogen-bond donors (Lipinski definition) is 2. The van der Waals surface area contributed by atoms with Crippen LogP contribution in [0, 0.1) is 0 Å². The third-order valence-corrected chi connectivity index (χ3v) is 5.30. The third kappa shape index (κ3) is 7.64. The Kier molecular flexibility index (Phi) is 8.38. The van der Waals surface area contributed by atoms with Crippen molar-refractivity contribution in [3.05, 3.63) is 77.2 Å². The van der Waals surface area contributed by atoms with E-state index in [0.29, 0.717) is 6.54 Å². The third-order valence-electron chi connectivity index (χ3n) is 4.19. The second kappa shape index (κ2) is 10.8. The number of sulfonamides is 1. The van der Waals surface area contributed by atoms with Gasteiger partial charge in [-0.05, 0) is 31.3 Å². The predicted octanol–water partition coefficient (Wildman–Crippen LogP) is 2.39. The number of hydrogen-bond acceptors (Lipinski definition) is 4. The molecule has 2 rings (SSSR count). The van der Waals surface area contributed by atoms with Crippen LogP contribution in [-0.2, 0) is 14.8 Å². The molecule has 0 bridgehead atoms. The standard InChI is InChI=1S/C21H27N3O3S/c1-24(2)20(19-11-7-4-8-12-19)17-22-21(25)13-15-23-28(26,27)16-14-18-9-5-3-6-10-18/h3-12,14,16,20,23H,13,15,17H2,1-2H3,(H,22,25). The van der Waals surface area contributed by atoms with Crippen molar-refractivity contribution in [2.75, 3.05) is 27.2 Å². The zero-order valence-corrected chi connectivity index (χ0v) is 17.0. The maximum Gasteiger partial charge on any atom is 0.233 e. The molecule has 0 radical (unpaired) electrons. The number of amides is 1. The summed E-state index contributed by atoms with van der Waals surface area (Å²) < 4.78 is 26.4. The highest BCUT2D eigenvalue weighted by molar-refractivity contribution is 7.92. The molecule has 2 N–H and O–H groups in total. The van der Waals surface area contributed by atoms with Crippen molar-refractivity contribution in [1.82, 2.24) is 14.9 Å². The lowest BCUT2D eigenvalue weighted by molar-refractivity contribution is -0.121. The number of carbonyl (C=O) groups excluding carboxylic acids is 1. The summed E-state index contributed by atoms with van der Waals surface area (Å²) in [5.74, 6) is -0.197. The minimum atomic E-state index is -3.58. The van der Waals surface area contributed by atoms with E-state index >= 15 is 0 Å². The van der Waals surface area contributed by atoms with Crippen molar-refractivity contribution < 1.29 is 13.2 Å². The highest BCUT2D eigenvalue weighted by Gasteiger charge is 2.15. The van der Waals surface area contributed by atoms with E-state index in [4.69, 9.17) is 0 Å². The molecule has 0 saturated carbocycles. The van der Waals surface area contributed by atoms with E-state index in [0.717, 1.165) is 16.5 Å². The minimum Gasteiger partial charge on any atom is -0.354 e. The molecule has 0 heterocycles. The molecule has 0 aliphatic heterocycles. The monoisotopic (exact) mass is 401 g/mol. The van der Waals surface area contributed by atoms with Gasteiger partial charge in [0.25, 0.3) is 0 Å². The minimum absolute atomic E-state index is 0.0469. The Bertz CT molecular complexity index is 866. The van der Waals surface area contributed by atoms with Gasteiger partial charge in [0.05, 0.1) is 6.04 Å². The average Bonchev–Trinajstić information content (AvgIpc) is 2.68. The topological polar surface area (TPSA) is 78.5 Å². The van der Waals surface area contributed by atoms with Gasteiger partial charge >= 0.3 is 0 Å². The molecule has 7 heteroatoms. The van der Waals surface area contributed by atoms with E-state index in [2.05, 4.69) is 10.0 Å². The van der Waals surface area contributed by atoms with E-state index in [1.807, 2.05) is 79.7 Å². The first-order valence-corrected chi connectivity index (χ1v) is 10.6. The molecular weight excluding hydrogens is 374 g/mol. The lowest BCUT2D eigenvalue weighted by atomic mass is 10.1. The molecule has 1 unspecified atom stereocenters. The fraction of sp³-hybridized carbons (Fsp3) is 0.286. The Morgan fingerprint density at radius 2 is 1.64 bits per heavy atom. The molecule has 150 valence electrons. The zero-order chi connectivity index (χ0) is 20.4. The number of carbonyl (C=O) groups is 1. The molecule has 0 spiro atoms. The van der Waals surface area contributed by atoms with Crippen LogP contribution in [0.5, 0.6) is 0 Å². The quantitative estimate of drug-likeness (QED) is 0.641. The lowest BCUT2D eigenvalue weighted by Gasteiger charge is -2.25. The van der Waals surface area contributed by atoms with Crippen LogP contribution in [-0.4, -0.2) is 46.4 Å². The van der Waals surface area contributed by atoms with E-state index < -0.39 is 10.0 Å². The first-order chi connectivity index (χ1) is 13.4. The second-order valence-electron chi connectivity index (χ2n) is 6.60. The van der Waals surface area contributed by atoms with E-state index in [1.165, 1.54) is 6.08 Å². The van der Waals surface area contributed by atoms with Gasteiger partial charge in [-0.2, -0.15) is 0 Å². The Hall–Kier alpha value is -2.48. The van der Waals surface area contributed by atoms with Crippen LogP contribution in [0.25, 0.3) is 6.08 Å². The maximum atomic E-state index is 12.1. The van der Waals surface area contributed by atoms with E-state index in [-0.39, 0.29) is 24.9 Å². The van der Waals surface area contributed by atoms with Gasteiger partial charge in [0.15, 0.2) is 0 Å². The summed E-state index contributed by atoms with van der Waals surface area (Å²) >= 11 is 0. The molecule has 0 aromatic heterocycles. The fourth-order valence-electron chi connectivity index (χ4n) is 2.66. The summed E-state index contributed by atoms with van der Waals surface area (Å²) in [6.45, 7) is 0.502. The highest BCUT2D eigenvalue weighted by atomic mass is 32.2. The molecule has 28 heavy (non-hydrogen) atoms. The number of benzene rings is 2. The number of likely N-dealkylation sites (N-methyl/N-ethyl adjacent to an activating group) is 1. The largest absolute Gasteiger partial charge is 0.354 e. The normalized spacial score (nSPS) is 13.0. The molecule has 0 aliphatic carbocycles. The Balaban J connectivity index is 1.78. The number of rotatable bonds is 10. The summed E-state index contributed by atoms with van der Waals surface area (Å²) in [5.41, 5.74) is 1.90. The number of nitrogens with one attached hydrogen (secondary N) is 2. The molecule has 2 aromatic carbocycles. The highest BCUT2D eigenvalue weighted by Crippen LogP contribution is 2.16. The summed E-state index contributed by atoms with van der Waals surface area (Å²) in [6.07, 6.45) is 1.59. The number of nitrogens with zero attached hydrogens (tertiary/aromatic N) is 1. The van der Waals surface area contributed by atoms with Crippen LogP contribution in [0.2, 0.25) is 0 Å². The molecule has 1 amide bonds. The zero-order valence-electron chi connectivity index (χ0n) is 16.2. The molecule has 1 atom stereocenters. The van der Waals surface area contributed by atoms with Gasteiger partial charge in [0.1, 0.15) is 0 Å². The van der Waals surface area contributed by atoms with Crippen LogP contribution in [0.4, 0.5) is 0 Å². The smallest absolute Gasteiger partial charge is 0.233 e. The van der Waals surface area contributed by atoms with Crippen LogP contribution in [0.1, 0.15) is 23.6 Å². The van der Waals surface area contributed by atoms with Gasteiger partial charge in [-0.1, -0.05) is 60.7 Å². The maximum absolute atomic E-state index is 12.1. The van der Waals surface area contributed by atoms with Crippen LogP contribution in [0.15, 0.2) is 66.1 Å².